The van der Waals surface area contributed by atoms with Crippen LogP contribution in [-0.4, -0.2) is 0 Å². The first-order valence-corrected chi connectivity index (χ1v) is 13.0. The fourth-order valence-electron chi connectivity index (χ4n) is 4.76. The van der Waals surface area contributed by atoms with Crippen molar-refractivity contribution in [3.8, 4) is 0 Å². The Morgan fingerprint density at radius 3 is 1.37 bits per heavy atom. The number of phosphoric acid groups is 1. The van der Waals surface area contributed by atoms with Crippen molar-refractivity contribution in [1.82, 2.24) is 0 Å². The molecule has 0 fully saturated rings. The Morgan fingerprint density at radius 2 is 0.914 bits per heavy atom. The predicted molar refractivity (Wildman–Crippen MR) is 137 cm³/mol. The average Bonchev–Trinajstić information content (AvgIpc) is 3.11. The van der Waals surface area contributed by atoms with Crippen molar-refractivity contribution in [3.05, 3.63) is 142 Å². The highest BCUT2D eigenvalue weighted by molar-refractivity contribution is 7.46. The van der Waals surface area contributed by atoms with Crippen LogP contribution in [0.25, 0.3) is 23.7 Å². The molecule has 4 aromatic carbocycles. The quantitative estimate of drug-likeness (QED) is 0.307. The van der Waals surface area contributed by atoms with Crippen molar-refractivity contribution < 1.29 is 18.5 Å². The number of rotatable bonds is 4. The summed E-state index contributed by atoms with van der Waals surface area (Å²) in [6, 6.07) is 31.2. The third kappa shape index (κ3) is 4.35. The molecule has 2 aliphatic carbocycles. The first-order valence-electron chi connectivity index (χ1n) is 11.5. The Balaban J connectivity index is 1.39. The Bertz CT molecular complexity index is 1440. The highest BCUT2D eigenvalue weighted by Gasteiger charge is 2.24. The third-order valence-electron chi connectivity index (χ3n) is 6.43. The summed E-state index contributed by atoms with van der Waals surface area (Å²) in [5.41, 5.74) is 7.54. The second kappa shape index (κ2) is 8.74. The number of benzene rings is 4. The predicted octanol–water partition coefficient (Wildman–Crippen LogP) is 6.69. The molecule has 0 atom stereocenters. The minimum absolute atomic E-state index is 0.256. The van der Waals surface area contributed by atoms with Gasteiger partial charge >= 0.3 is 7.82 Å². The van der Waals surface area contributed by atoms with E-state index in [4.69, 9.17) is 9.05 Å². The molecule has 0 aromatic heterocycles. The lowest BCUT2D eigenvalue weighted by Crippen LogP contribution is -2.08. The van der Waals surface area contributed by atoms with E-state index in [2.05, 4.69) is 0 Å². The fraction of sp³-hybridized carbons (Fsp3) is 0.0667. The van der Waals surface area contributed by atoms with Gasteiger partial charge in [0.2, 0.25) is 0 Å². The molecule has 0 spiro atoms. The highest BCUT2D eigenvalue weighted by atomic mass is 31.2. The van der Waals surface area contributed by atoms with Crippen molar-refractivity contribution in [3.63, 3.8) is 0 Å². The summed E-state index contributed by atoms with van der Waals surface area (Å²) in [6.07, 6.45) is 4.93. The van der Waals surface area contributed by atoms with Gasteiger partial charge in [-0.3, -0.25) is 0 Å². The summed E-state index contributed by atoms with van der Waals surface area (Å²) in [5.74, 6) is 0.513. The molecule has 172 valence electrons. The second-order valence-electron chi connectivity index (χ2n) is 8.71. The third-order valence-corrected chi connectivity index (χ3v) is 7.27. The topological polar surface area (TPSA) is 58.6 Å². The van der Waals surface area contributed by atoms with Gasteiger partial charge in [0.05, 0.1) is 0 Å². The first-order chi connectivity index (χ1) is 17.1. The van der Waals surface area contributed by atoms with Crippen molar-refractivity contribution in [1.29, 1.82) is 0 Å². The van der Waals surface area contributed by atoms with Crippen molar-refractivity contribution in [2.75, 3.05) is 0 Å². The van der Waals surface area contributed by atoms with Crippen LogP contribution in [0.1, 0.15) is 44.5 Å². The van der Waals surface area contributed by atoms with Crippen LogP contribution >= 0.6 is 7.82 Å². The van der Waals surface area contributed by atoms with Crippen LogP contribution in [-0.2, 0) is 26.5 Å². The van der Waals surface area contributed by atoms with E-state index in [1.165, 1.54) is 0 Å². The van der Waals surface area contributed by atoms with Crippen molar-refractivity contribution in [2.24, 2.45) is 0 Å². The number of hydrogen-bond donors (Lipinski definition) is 0. The van der Waals surface area contributed by atoms with Crippen LogP contribution < -0.4 is 4.89 Å². The smallest absolute Gasteiger partial charge is 0.372 e. The number of phosphoric ester groups is 1. The minimum Gasteiger partial charge on any atom is -0.736 e. The summed E-state index contributed by atoms with van der Waals surface area (Å²) < 4.78 is 24.7. The molecule has 0 amide bonds. The van der Waals surface area contributed by atoms with Gasteiger partial charge in [0.25, 0.3) is 0 Å². The molecule has 0 heterocycles. The highest BCUT2D eigenvalue weighted by Crippen LogP contribution is 2.50. The van der Waals surface area contributed by atoms with E-state index in [1.807, 2.05) is 97.1 Å². The molecular weight excluding hydrogens is 455 g/mol. The molecule has 4 nitrogen and oxygen atoms in total. The van der Waals surface area contributed by atoms with Gasteiger partial charge in [-0.05, 0) is 58.4 Å². The van der Waals surface area contributed by atoms with Gasteiger partial charge in [-0.1, -0.05) is 97.1 Å². The lowest BCUT2D eigenvalue weighted by Gasteiger charge is -2.27. The maximum absolute atomic E-state index is 13.3. The Hall–Kier alpha value is -3.85. The molecular formula is C30H22O4P-. The molecule has 4 aromatic rings. The van der Waals surface area contributed by atoms with E-state index in [1.54, 1.807) is 12.2 Å². The molecule has 2 aliphatic rings. The van der Waals surface area contributed by atoms with Gasteiger partial charge < -0.3 is 13.9 Å². The van der Waals surface area contributed by atoms with Crippen LogP contribution in [0.4, 0.5) is 0 Å². The number of fused-ring (bicyclic) bond motifs is 4. The van der Waals surface area contributed by atoms with Crippen LogP contribution in [0.2, 0.25) is 0 Å². The monoisotopic (exact) mass is 477 g/mol. The van der Waals surface area contributed by atoms with E-state index < -0.39 is 7.82 Å². The molecule has 0 bridgehead atoms. The maximum atomic E-state index is 13.3. The molecule has 0 unspecified atom stereocenters. The molecule has 5 heteroatoms. The first kappa shape index (κ1) is 21.7. The Kier molecular flexibility index (Phi) is 5.41. The standard InChI is InChI=1S/C30H23O4P/c31-35(32,33-29-19-23-11-3-1-9-21(23)17-25-13-5-7-15-27(25)29)34-30-20-24-12-4-2-10-22(24)18-26-14-6-8-16-28(26)30/h1-16,19-20H,17-18H2,(H,31,32)/p-1. The maximum Gasteiger partial charge on any atom is 0.372 e. The molecule has 0 aliphatic heterocycles. The van der Waals surface area contributed by atoms with Gasteiger partial charge in [0, 0.05) is 11.1 Å². The summed E-state index contributed by atoms with van der Waals surface area (Å²) in [4.78, 5) is 13.3. The van der Waals surface area contributed by atoms with E-state index in [9.17, 15) is 9.46 Å². The zero-order valence-corrected chi connectivity index (χ0v) is 19.8. The zero-order valence-electron chi connectivity index (χ0n) is 18.9. The zero-order chi connectivity index (χ0) is 23.8. The minimum atomic E-state index is -4.79. The molecule has 0 saturated carbocycles. The van der Waals surface area contributed by atoms with E-state index >= 15 is 0 Å². The largest absolute Gasteiger partial charge is 0.736 e. The molecule has 35 heavy (non-hydrogen) atoms. The average molecular weight is 477 g/mol. The van der Waals surface area contributed by atoms with E-state index in [-0.39, 0.29) is 11.5 Å². The molecule has 0 radical (unpaired) electrons. The Morgan fingerprint density at radius 1 is 0.543 bits per heavy atom. The van der Waals surface area contributed by atoms with Gasteiger partial charge in [-0.15, -0.1) is 0 Å². The normalized spacial score (nSPS) is 14.1. The van der Waals surface area contributed by atoms with Crippen molar-refractivity contribution >= 4 is 31.5 Å². The Labute approximate surface area is 204 Å². The molecule has 0 N–H and O–H groups in total. The summed E-state index contributed by atoms with van der Waals surface area (Å²) in [7, 11) is -4.79. The van der Waals surface area contributed by atoms with Crippen LogP contribution in [0, 0.1) is 0 Å². The second-order valence-corrected chi connectivity index (χ2v) is 9.97. The number of hydrogen-bond acceptors (Lipinski definition) is 4. The fourth-order valence-corrected chi connectivity index (χ4v) is 5.58. The molecule has 0 saturated heterocycles. The van der Waals surface area contributed by atoms with Gasteiger partial charge in [0.15, 0.2) is 0 Å². The van der Waals surface area contributed by atoms with Gasteiger partial charge in [-0.2, -0.15) is 0 Å². The summed E-state index contributed by atoms with van der Waals surface area (Å²) in [6.45, 7) is 0. The van der Waals surface area contributed by atoms with Crippen LogP contribution in [0.15, 0.2) is 97.1 Å². The van der Waals surface area contributed by atoms with E-state index in [0.29, 0.717) is 12.8 Å². The lowest BCUT2D eigenvalue weighted by atomic mass is 10.00. The SMILES string of the molecule is O=P([O-])(OC1=Cc2ccccc2Cc2ccccc21)OC1=Cc2ccccc2Cc2ccccc21. The van der Waals surface area contributed by atoms with Crippen LogP contribution in [0.5, 0.6) is 0 Å². The van der Waals surface area contributed by atoms with Crippen molar-refractivity contribution in [2.45, 2.75) is 12.8 Å². The van der Waals surface area contributed by atoms with Gasteiger partial charge in [0.1, 0.15) is 11.5 Å². The van der Waals surface area contributed by atoms with Gasteiger partial charge in [-0.25, -0.2) is 4.57 Å². The van der Waals surface area contributed by atoms with Crippen LogP contribution in [0.3, 0.4) is 0 Å². The summed E-state index contributed by atoms with van der Waals surface area (Å²) in [5, 5.41) is 0. The molecule has 6 rings (SSSR count). The summed E-state index contributed by atoms with van der Waals surface area (Å²) >= 11 is 0. The lowest BCUT2D eigenvalue weighted by molar-refractivity contribution is -0.213. The van der Waals surface area contributed by atoms with E-state index in [0.717, 1.165) is 44.5 Å².